The Morgan fingerprint density at radius 2 is 1.86 bits per heavy atom. The van der Waals surface area contributed by atoms with Crippen LogP contribution in [0, 0.1) is 0 Å². The average molecular weight is 554 g/mol. The van der Waals surface area contributed by atoms with Gasteiger partial charge in [0, 0.05) is 48.0 Å². The highest BCUT2D eigenvalue weighted by Crippen LogP contribution is 2.41. The van der Waals surface area contributed by atoms with E-state index in [1.54, 1.807) is 12.4 Å². The summed E-state index contributed by atoms with van der Waals surface area (Å²) in [5.41, 5.74) is 1.36. The molecule has 5 rings (SSSR count). The lowest BCUT2D eigenvalue weighted by atomic mass is 9.79. The van der Waals surface area contributed by atoms with E-state index in [0.717, 1.165) is 54.6 Å². The molecule has 1 saturated carbocycles. The van der Waals surface area contributed by atoms with Crippen LogP contribution in [0.1, 0.15) is 57.4 Å². The second-order valence-corrected chi connectivity index (χ2v) is 11.7. The van der Waals surface area contributed by atoms with E-state index >= 15 is 0 Å². The van der Waals surface area contributed by atoms with E-state index in [2.05, 4.69) is 44.6 Å². The Bertz CT molecular complexity index is 1200. The van der Waals surface area contributed by atoms with Gasteiger partial charge >= 0.3 is 0 Å². The van der Waals surface area contributed by atoms with Gasteiger partial charge < -0.3 is 15.5 Å². The van der Waals surface area contributed by atoms with Gasteiger partial charge in [-0.3, -0.25) is 0 Å². The van der Waals surface area contributed by atoms with Crippen molar-refractivity contribution in [3.63, 3.8) is 0 Å². The Kier molecular flexibility index (Phi) is 8.42. The number of piperidine rings is 1. The van der Waals surface area contributed by atoms with Gasteiger partial charge in [0.2, 0.25) is 5.95 Å². The van der Waals surface area contributed by atoms with Gasteiger partial charge in [0.05, 0.1) is 0 Å². The molecule has 0 spiro atoms. The molecule has 0 bridgehead atoms. The predicted molar refractivity (Wildman–Crippen MR) is 155 cm³/mol. The molecule has 1 atom stereocenters. The number of hydrogen-bond donors (Lipinski definition) is 2. The van der Waals surface area contributed by atoms with Gasteiger partial charge in [-0.2, -0.15) is 4.98 Å². The zero-order chi connectivity index (χ0) is 25.7. The lowest BCUT2D eigenvalue weighted by Gasteiger charge is -2.34. The zero-order valence-electron chi connectivity index (χ0n) is 21.0. The van der Waals surface area contributed by atoms with Crippen LogP contribution in [0.15, 0.2) is 59.0 Å². The second kappa shape index (κ2) is 11.9. The van der Waals surface area contributed by atoms with E-state index in [-0.39, 0.29) is 5.41 Å². The number of benzene rings is 1. The number of rotatable bonds is 7. The van der Waals surface area contributed by atoms with Gasteiger partial charge in [-0.15, -0.1) is 0 Å². The van der Waals surface area contributed by atoms with Gasteiger partial charge in [0.15, 0.2) is 10.3 Å². The Morgan fingerprint density at radius 1 is 1.11 bits per heavy atom. The van der Waals surface area contributed by atoms with E-state index in [9.17, 15) is 0 Å². The van der Waals surface area contributed by atoms with Crippen molar-refractivity contribution in [1.82, 2.24) is 25.3 Å². The minimum Gasteiger partial charge on any atom is -0.361 e. The summed E-state index contributed by atoms with van der Waals surface area (Å²) in [6.07, 6.45) is 11.7. The van der Waals surface area contributed by atoms with Crippen LogP contribution in [0.3, 0.4) is 0 Å². The third-order valence-corrected chi connectivity index (χ3v) is 8.66. The highest BCUT2D eigenvalue weighted by molar-refractivity contribution is 7.99. The molecule has 2 aliphatic rings. The summed E-state index contributed by atoms with van der Waals surface area (Å²) in [5.74, 6) is 1.39. The molecule has 3 heterocycles. The molecule has 3 aromatic rings. The molecule has 1 unspecified atom stereocenters. The maximum absolute atomic E-state index is 6.15. The molecule has 2 aromatic heterocycles. The van der Waals surface area contributed by atoms with Crippen LogP contribution in [0.25, 0.3) is 0 Å². The molecule has 2 fully saturated rings. The van der Waals surface area contributed by atoms with Crippen molar-refractivity contribution < 1.29 is 0 Å². The third-order valence-electron chi connectivity index (χ3n) is 7.35. The number of hydrogen-bond acceptors (Lipinski definition) is 7. The first-order valence-corrected chi connectivity index (χ1v) is 14.5. The Morgan fingerprint density at radius 3 is 2.59 bits per heavy atom. The number of nitrogens with zero attached hydrogens (tertiary/aromatic N) is 5. The van der Waals surface area contributed by atoms with Crippen LogP contribution in [0.2, 0.25) is 5.02 Å². The fourth-order valence-electron chi connectivity index (χ4n) is 5.36. The minimum atomic E-state index is 0.0495. The highest BCUT2D eigenvalue weighted by Gasteiger charge is 2.35. The van der Waals surface area contributed by atoms with Crippen LogP contribution in [0.5, 0.6) is 0 Å². The molecule has 0 radical (unpaired) electrons. The number of aromatic nitrogens is 4. The molecule has 2 N–H and O–H groups in total. The van der Waals surface area contributed by atoms with Crippen LogP contribution < -0.4 is 15.5 Å². The summed E-state index contributed by atoms with van der Waals surface area (Å²) < 4.78 is 0. The summed E-state index contributed by atoms with van der Waals surface area (Å²) in [6, 6.07) is 12.5. The molecule has 1 saturated heterocycles. The largest absolute Gasteiger partial charge is 0.361 e. The topological polar surface area (TPSA) is 78.9 Å². The molecule has 10 heteroatoms. The lowest BCUT2D eigenvalue weighted by Crippen LogP contribution is -2.41. The SMILES string of the molecule is CC1CCCCN1c1cc(Sc2ncccn2)nc(NC(=S)NCC2(c3ccc(Cl)cc3)CCCC2)n1. The summed E-state index contributed by atoms with van der Waals surface area (Å²) in [4.78, 5) is 20.7. The molecule has 37 heavy (non-hydrogen) atoms. The summed E-state index contributed by atoms with van der Waals surface area (Å²) in [5, 5.41) is 9.45. The molecule has 1 aromatic carbocycles. The van der Waals surface area contributed by atoms with Crippen molar-refractivity contribution in [3.8, 4) is 0 Å². The van der Waals surface area contributed by atoms with Gasteiger partial charge in [-0.1, -0.05) is 36.6 Å². The standard InChI is InChI=1S/C27H32ClN7S2/c1-19-7-2-5-16-35(19)22-17-23(37-26-29-14-6-15-30-26)33-24(32-22)34-25(36)31-18-27(12-3-4-13-27)20-8-10-21(28)11-9-20/h6,8-11,14-15,17,19H,2-5,7,12-13,16,18H2,1H3,(H2,31,32,33,34,36). The fourth-order valence-corrected chi connectivity index (χ4v) is 6.36. The average Bonchev–Trinajstić information content (AvgIpc) is 3.39. The number of nitrogens with one attached hydrogen (secondary N) is 2. The van der Waals surface area contributed by atoms with E-state index < -0.39 is 0 Å². The van der Waals surface area contributed by atoms with Crippen molar-refractivity contribution in [2.45, 2.75) is 73.5 Å². The minimum absolute atomic E-state index is 0.0495. The van der Waals surface area contributed by atoms with Crippen LogP contribution in [-0.2, 0) is 5.41 Å². The second-order valence-electron chi connectivity index (χ2n) is 9.86. The normalized spacial score (nSPS) is 19.0. The molecule has 1 aliphatic carbocycles. The van der Waals surface area contributed by atoms with E-state index in [0.29, 0.717) is 22.3 Å². The van der Waals surface area contributed by atoms with E-state index in [1.165, 1.54) is 36.6 Å². The first-order valence-electron chi connectivity index (χ1n) is 12.9. The van der Waals surface area contributed by atoms with Crippen LogP contribution in [0.4, 0.5) is 11.8 Å². The number of halogens is 1. The van der Waals surface area contributed by atoms with E-state index in [4.69, 9.17) is 33.8 Å². The molecular formula is C27H32ClN7S2. The van der Waals surface area contributed by atoms with Crippen molar-refractivity contribution in [2.24, 2.45) is 0 Å². The van der Waals surface area contributed by atoms with Gasteiger partial charge in [-0.25, -0.2) is 15.0 Å². The first-order chi connectivity index (χ1) is 18.0. The van der Waals surface area contributed by atoms with Crippen molar-refractivity contribution in [1.29, 1.82) is 0 Å². The Balaban J connectivity index is 1.33. The Labute approximate surface area is 233 Å². The predicted octanol–water partition coefficient (Wildman–Crippen LogP) is 6.25. The van der Waals surface area contributed by atoms with Gasteiger partial charge in [0.25, 0.3) is 0 Å². The first kappa shape index (κ1) is 26.1. The molecule has 7 nitrogen and oxygen atoms in total. The molecular weight excluding hydrogens is 522 g/mol. The maximum atomic E-state index is 6.15. The molecule has 194 valence electrons. The summed E-state index contributed by atoms with van der Waals surface area (Å²) in [6.45, 7) is 3.99. The van der Waals surface area contributed by atoms with Crippen molar-refractivity contribution in [2.75, 3.05) is 23.3 Å². The quantitative estimate of drug-likeness (QED) is 0.200. The summed E-state index contributed by atoms with van der Waals surface area (Å²) >= 11 is 13.3. The lowest BCUT2D eigenvalue weighted by molar-refractivity contribution is 0.435. The number of anilines is 2. The third kappa shape index (κ3) is 6.51. The zero-order valence-corrected chi connectivity index (χ0v) is 23.4. The van der Waals surface area contributed by atoms with Crippen LogP contribution in [-0.4, -0.2) is 44.2 Å². The number of thiocarbonyl (C=S) groups is 1. The summed E-state index contributed by atoms with van der Waals surface area (Å²) in [7, 11) is 0. The smallest absolute Gasteiger partial charge is 0.232 e. The van der Waals surface area contributed by atoms with Gasteiger partial charge in [-0.05, 0) is 86.8 Å². The van der Waals surface area contributed by atoms with Crippen molar-refractivity contribution in [3.05, 3.63) is 59.4 Å². The monoisotopic (exact) mass is 553 g/mol. The molecule has 0 amide bonds. The Hall–Kier alpha value is -2.49. The van der Waals surface area contributed by atoms with E-state index in [1.807, 2.05) is 24.3 Å². The van der Waals surface area contributed by atoms with Crippen LogP contribution >= 0.6 is 35.6 Å². The van der Waals surface area contributed by atoms with Crippen molar-refractivity contribution >= 4 is 52.5 Å². The maximum Gasteiger partial charge on any atom is 0.232 e. The van der Waals surface area contributed by atoms with Gasteiger partial charge in [0.1, 0.15) is 10.8 Å². The molecule has 1 aliphatic heterocycles. The fraction of sp³-hybridized carbons (Fsp3) is 0.444. The highest BCUT2D eigenvalue weighted by atomic mass is 35.5.